The Balaban J connectivity index is 2.29. The maximum absolute atomic E-state index is 12.4. The molecule has 0 aliphatic heterocycles. The Morgan fingerprint density at radius 3 is 2.83 bits per heavy atom. The number of nitrogens with zero attached hydrogens (tertiary/aromatic N) is 3. The van der Waals surface area contributed by atoms with Gasteiger partial charge in [0.15, 0.2) is 5.82 Å². The van der Waals surface area contributed by atoms with Crippen molar-refractivity contribution in [3.63, 3.8) is 0 Å². The molecule has 1 saturated carbocycles. The van der Waals surface area contributed by atoms with Gasteiger partial charge in [-0.3, -0.25) is 4.79 Å². The van der Waals surface area contributed by atoms with Crippen molar-refractivity contribution in [1.82, 2.24) is 9.55 Å². The van der Waals surface area contributed by atoms with Crippen LogP contribution in [-0.2, 0) is 0 Å². The summed E-state index contributed by atoms with van der Waals surface area (Å²) in [7, 11) is 0. The molecule has 0 unspecified atom stereocenters. The molecule has 1 aromatic heterocycles. The SMILES string of the molecule is CC(C)N(CCCCl)c1nccn(C2CC2)c1=O. The molecule has 2 rings (SSSR count). The first-order chi connectivity index (χ1) is 8.65. The van der Waals surface area contributed by atoms with Crippen LogP contribution >= 0.6 is 11.6 Å². The van der Waals surface area contributed by atoms with Crippen LogP contribution in [0.3, 0.4) is 0 Å². The molecular formula is C13H20ClN3O. The summed E-state index contributed by atoms with van der Waals surface area (Å²) in [5.41, 5.74) is 0.0308. The first-order valence-electron chi connectivity index (χ1n) is 6.55. The van der Waals surface area contributed by atoms with Crippen molar-refractivity contribution in [2.75, 3.05) is 17.3 Å². The number of rotatable bonds is 6. The summed E-state index contributed by atoms with van der Waals surface area (Å²) in [5.74, 6) is 1.16. The lowest BCUT2D eigenvalue weighted by molar-refractivity contribution is 0.635. The third kappa shape index (κ3) is 2.86. The minimum absolute atomic E-state index is 0.0308. The standard InChI is InChI=1S/C13H20ClN3O/c1-10(2)16(8-3-6-14)12-13(18)17(9-7-15-12)11-4-5-11/h7,9-11H,3-6,8H2,1-2H3. The maximum Gasteiger partial charge on any atom is 0.293 e. The van der Waals surface area contributed by atoms with Crippen molar-refractivity contribution in [1.29, 1.82) is 0 Å². The average Bonchev–Trinajstić information content (AvgIpc) is 3.15. The zero-order valence-electron chi connectivity index (χ0n) is 11.0. The average molecular weight is 270 g/mol. The largest absolute Gasteiger partial charge is 0.350 e. The molecule has 0 radical (unpaired) electrons. The molecule has 0 N–H and O–H groups in total. The fourth-order valence-corrected chi connectivity index (χ4v) is 2.21. The Morgan fingerprint density at radius 1 is 1.56 bits per heavy atom. The minimum Gasteiger partial charge on any atom is -0.350 e. The molecule has 0 spiro atoms. The first-order valence-corrected chi connectivity index (χ1v) is 7.08. The van der Waals surface area contributed by atoms with Crippen molar-refractivity contribution in [3.8, 4) is 0 Å². The Hall–Kier alpha value is -1.03. The van der Waals surface area contributed by atoms with Crippen LogP contribution in [0.25, 0.3) is 0 Å². The molecule has 1 aliphatic rings. The van der Waals surface area contributed by atoms with Crippen molar-refractivity contribution in [2.24, 2.45) is 0 Å². The predicted molar refractivity (Wildman–Crippen MR) is 74.6 cm³/mol. The van der Waals surface area contributed by atoms with Gasteiger partial charge in [0.2, 0.25) is 0 Å². The van der Waals surface area contributed by atoms with E-state index < -0.39 is 0 Å². The topological polar surface area (TPSA) is 38.1 Å². The fourth-order valence-electron chi connectivity index (χ4n) is 2.09. The summed E-state index contributed by atoms with van der Waals surface area (Å²) in [6, 6.07) is 0.643. The third-order valence-corrected chi connectivity index (χ3v) is 3.49. The lowest BCUT2D eigenvalue weighted by atomic mass is 10.3. The molecule has 0 aromatic carbocycles. The quantitative estimate of drug-likeness (QED) is 0.745. The third-order valence-electron chi connectivity index (χ3n) is 3.22. The van der Waals surface area contributed by atoms with E-state index in [1.165, 1.54) is 0 Å². The highest BCUT2D eigenvalue weighted by atomic mass is 35.5. The molecule has 0 bridgehead atoms. The molecule has 0 atom stereocenters. The zero-order valence-corrected chi connectivity index (χ0v) is 11.7. The Labute approximate surface area is 113 Å². The van der Waals surface area contributed by atoms with E-state index in [0.29, 0.717) is 17.7 Å². The van der Waals surface area contributed by atoms with Crippen LogP contribution in [0.5, 0.6) is 0 Å². The monoisotopic (exact) mass is 269 g/mol. The Kier molecular flexibility index (Phi) is 4.27. The number of aromatic nitrogens is 2. The van der Waals surface area contributed by atoms with Gasteiger partial charge in [0.1, 0.15) is 0 Å². The van der Waals surface area contributed by atoms with E-state index in [1.807, 2.05) is 9.47 Å². The number of halogens is 1. The van der Waals surface area contributed by atoms with E-state index in [9.17, 15) is 4.79 Å². The summed E-state index contributed by atoms with van der Waals surface area (Å²) < 4.78 is 1.82. The van der Waals surface area contributed by atoms with Crippen LogP contribution in [0.4, 0.5) is 5.82 Å². The highest BCUT2D eigenvalue weighted by Gasteiger charge is 2.26. The van der Waals surface area contributed by atoms with Gasteiger partial charge in [0, 0.05) is 36.9 Å². The molecule has 18 heavy (non-hydrogen) atoms. The van der Waals surface area contributed by atoms with Crippen molar-refractivity contribution in [2.45, 2.75) is 45.2 Å². The molecular weight excluding hydrogens is 250 g/mol. The first kappa shape index (κ1) is 13.4. The normalized spacial score (nSPS) is 15.1. The Morgan fingerprint density at radius 2 is 2.28 bits per heavy atom. The van der Waals surface area contributed by atoms with Crippen LogP contribution in [0.15, 0.2) is 17.2 Å². The van der Waals surface area contributed by atoms with E-state index in [1.54, 1.807) is 12.4 Å². The van der Waals surface area contributed by atoms with Crippen LogP contribution in [0, 0.1) is 0 Å². The summed E-state index contributed by atoms with van der Waals surface area (Å²) in [5, 5.41) is 0. The van der Waals surface area contributed by atoms with Crippen molar-refractivity contribution < 1.29 is 0 Å². The van der Waals surface area contributed by atoms with E-state index >= 15 is 0 Å². The maximum atomic E-state index is 12.4. The number of alkyl halides is 1. The van der Waals surface area contributed by atoms with Gasteiger partial charge < -0.3 is 9.47 Å². The van der Waals surface area contributed by atoms with Crippen LogP contribution in [-0.4, -0.2) is 28.0 Å². The van der Waals surface area contributed by atoms with Gasteiger partial charge in [-0.25, -0.2) is 4.98 Å². The minimum atomic E-state index is 0.0308. The number of hydrogen-bond acceptors (Lipinski definition) is 3. The highest BCUT2D eigenvalue weighted by molar-refractivity contribution is 6.17. The van der Waals surface area contributed by atoms with E-state index in [-0.39, 0.29) is 11.6 Å². The zero-order chi connectivity index (χ0) is 13.1. The van der Waals surface area contributed by atoms with E-state index in [0.717, 1.165) is 25.8 Å². The lowest BCUT2D eigenvalue weighted by Crippen LogP contribution is -2.38. The molecule has 5 heteroatoms. The van der Waals surface area contributed by atoms with Crippen molar-refractivity contribution in [3.05, 3.63) is 22.7 Å². The van der Waals surface area contributed by atoms with Crippen molar-refractivity contribution >= 4 is 17.4 Å². The second kappa shape index (κ2) is 5.74. The second-order valence-corrected chi connectivity index (χ2v) is 5.40. The molecule has 1 heterocycles. The fraction of sp³-hybridized carbons (Fsp3) is 0.692. The van der Waals surface area contributed by atoms with Gasteiger partial charge in [-0.1, -0.05) is 0 Å². The lowest BCUT2D eigenvalue weighted by Gasteiger charge is -2.27. The highest BCUT2D eigenvalue weighted by Crippen LogP contribution is 2.33. The molecule has 0 saturated heterocycles. The summed E-state index contributed by atoms with van der Waals surface area (Å²) in [6.45, 7) is 4.92. The van der Waals surface area contributed by atoms with Gasteiger partial charge in [-0.05, 0) is 33.1 Å². The second-order valence-electron chi connectivity index (χ2n) is 5.02. The molecule has 0 amide bonds. The van der Waals surface area contributed by atoms with Gasteiger partial charge in [0.05, 0.1) is 0 Å². The van der Waals surface area contributed by atoms with Gasteiger partial charge in [-0.15, -0.1) is 11.6 Å². The Bertz CT molecular complexity index is 454. The van der Waals surface area contributed by atoms with E-state index in [4.69, 9.17) is 11.6 Å². The predicted octanol–water partition coefficient (Wildman–Crippen LogP) is 2.42. The molecule has 1 aliphatic carbocycles. The number of hydrogen-bond donors (Lipinski definition) is 0. The molecule has 1 fully saturated rings. The van der Waals surface area contributed by atoms with Crippen LogP contribution in [0.1, 0.15) is 39.2 Å². The summed E-state index contributed by atoms with van der Waals surface area (Å²) >= 11 is 5.74. The van der Waals surface area contributed by atoms with Gasteiger partial charge in [0.25, 0.3) is 5.56 Å². The summed E-state index contributed by atoms with van der Waals surface area (Å²) in [4.78, 5) is 18.7. The summed E-state index contributed by atoms with van der Waals surface area (Å²) in [6.07, 6.45) is 6.59. The molecule has 100 valence electrons. The van der Waals surface area contributed by atoms with Gasteiger partial charge >= 0.3 is 0 Å². The van der Waals surface area contributed by atoms with Crippen LogP contribution < -0.4 is 10.5 Å². The number of anilines is 1. The molecule has 1 aromatic rings. The van der Waals surface area contributed by atoms with Gasteiger partial charge in [-0.2, -0.15) is 0 Å². The van der Waals surface area contributed by atoms with E-state index in [2.05, 4.69) is 18.8 Å². The van der Waals surface area contributed by atoms with Crippen LogP contribution in [0.2, 0.25) is 0 Å². The molecule has 4 nitrogen and oxygen atoms in total. The smallest absolute Gasteiger partial charge is 0.293 e.